The van der Waals surface area contributed by atoms with E-state index < -0.39 is 6.04 Å². The van der Waals surface area contributed by atoms with Gasteiger partial charge in [0.25, 0.3) is 0 Å². The summed E-state index contributed by atoms with van der Waals surface area (Å²) in [6, 6.07) is 12.5. The smallest absolute Gasteiger partial charge is 0.242 e. The van der Waals surface area contributed by atoms with Gasteiger partial charge in [-0.1, -0.05) is 48.9 Å². The van der Waals surface area contributed by atoms with Crippen molar-refractivity contribution < 1.29 is 14.0 Å². The zero-order valence-corrected chi connectivity index (χ0v) is 15.6. The number of halogens is 2. The quantitative estimate of drug-likeness (QED) is 0.796. The molecule has 138 valence electrons. The zero-order chi connectivity index (χ0) is 19.1. The van der Waals surface area contributed by atoms with Crippen LogP contribution in [0.3, 0.4) is 0 Å². The molecule has 0 unspecified atom stereocenters. The van der Waals surface area contributed by atoms with Gasteiger partial charge in [-0.25, -0.2) is 4.39 Å². The maximum atomic E-state index is 13.1. The summed E-state index contributed by atoms with van der Waals surface area (Å²) in [6.45, 7) is 3.95. The molecule has 0 aliphatic heterocycles. The molecule has 0 bridgehead atoms. The summed E-state index contributed by atoms with van der Waals surface area (Å²) in [4.78, 5) is 26.3. The van der Waals surface area contributed by atoms with Crippen LogP contribution in [0.4, 0.5) is 4.39 Å². The van der Waals surface area contributed by atoms with Gasteiger partial charge in [0, 0.05) is 24.5 Å². The van der Waals surface area contributed by atoms with Crippen molar-refractivity contribution in [2.24, 2.45) is 0 Å². The Hall–Kier alpha value is -2.40. The van der Waals surface area contributed by atoms with E-state index >= 15 is 0 Å². The monoisotopic (exact) mass is 376 g/mol. The summed E-state index contributed by atoms with van der Waals surface area (Å²) >= 11 is 6.10. The number of carbonyl (C=O) groups excluding carboxylic acids is 2. The van der Waals surface area contributed by atoms with Gasteiger partial charge in [0.1, 0.15) is 11.9 Å². The Morgan fingerprint density at radius 3 is 2.42 bits per heavy atom. The van der Waals surface area contributed by atoms with Crippen molar-refractivity contribution in [1.29, 1.82) is 0 Å². The Balaban J connectivity index is 2.06. The summed E-state index contributed by atoms with van der Waals surface area (Å²) < 4.78 is 13.1. The molecule has 2 amide bonds. The molecule has 0 aliphatic rings. The maximum Gasteiger partial charge on any atom is 0.242 e. The van der Waals surface area contributed by atoms with E-state index in [-0.39, 0.29) is 37.1 Å². The van der Waals surface area contributed by atoms with Crippen LogP contribution in [0, 0.1) is 5.82 Å². The number of nitrogens with one attached hydrogen (secondary N) is 1. The maximum absolute atomic E-state index is 13.1. The van der Waals surface area contributed by atoms with E-state index in [2.05, 4.69) is 5.32 Å². The van der Waals surface area contributed by atoms with Crippen LogP contribution in [0.2, 0.25) is 5.02 Å². The van der Waals surface area contributed by atoms with Crippen LogP contribution >= 0.6 is 11.6 Å². The third-order valence-electron chi connectivity index (χ3n) is 4.15. The van der Waals surface area contributed by atoms with Crippen LogP contribution in [0.25, 0.3) is 0 Å². The lowest BCUT2D eigenvalue weighted by Crippen LogP contribution is -2.47. The molecule has 0 heterocycles. The molecule has 0 fully saturated rings. The molecule has 4 nitrogen and oxygen atoms in total. The van der Waals surface area contributed by atoms with E-state index in [9.17, 15) is 14.0 Å². The van der Waals surface area contributed by atoms with E-state index in [1.165, 1.54) is 17.0 Å². The van der Waals surface area contributed by atoms with Gasteiger partial charge < -0.3 is 10.2 Å². The average Bonchev–Trinajstić information content (AvgIpc) is 2.65. The predicted octanol–water partition coefficient (Wildman–Crippen LogP) is 3.92. The van der Waals surface area contributed by atoms with Crippen LogP contribution in [0.5, 0.6) is 0 Å². The molecule has 2 rings (SSSR count). The molecule has 0 saturated carbocycles. The Labute approximate surface area is 158 Å². The molecule has 0 saturated heterocycles. The highest BCUT2D eigenvalue weighted by molar-refractivity contribution is 6.31. The lowest BCUT2D eigenvalue weighted by atomic mass is 10.1. The van der Waals surface area contributed by atoms with E-state index in [4.69, 9.17) is 11.6 Å². The number of carbonyl (C=O) groups is 2. The minimum Gasteiger partial charge on any atom is -0.350 e. The summed E-state index contributed by atoms with van der Waals surface area (Å²) in [7, 11) is 0. The van der Waals surface area contributed by atoms with Crippen LogP contribution in [-0.2, 0) is 22.7 Å². The fraction of sp³-hybridized carbons (Fsp3) is 0.300. The number of amides is 2. The third kappa shape index (κ3) is 5.30. The fourth-order valence-corrected chi connectivity index (χ4v) is 2.75. The number of benzene rings is 2. The Morgan fingerprint density at radius 1 is 1.15 bits per heavy atom. The van der Waals surface area contributed by atoms with Gasteiger partial charge in [0.2, 0.25) is 11.8 Å². The van der Waals surface area contributed by atoms with Gasteiger partial charge in [0.05, 0.1) is 0 Å². The van der Waals surface area contributed by atoms with Crippen LogP contribution < -0.4 is 5.32 Å². The van der Waals surface area contributed by atoms with Crippen LogP contribution in [0.1, 0.15) is 31.4 Å². The number of nitrogens with zero attached hydrogens (tertiary/aromatic N) is 1. The standard InChI is InChI=1S/C20H22ClFN2O2/c1-3-19(25)24(13-15-8-10-17(22)11-9-15)14(2)20(26)23-12-16-6-4-5-7-18(16)21/h4-11,14H,3,12-13H2,1-2H3,(H,23,26)/t14-/m1/s1. The van der Waals surface area contributed by atoms with Gasteiger partial charge in [-0.2, -0.15) is 0 Å². The van der Waals surface area contributed by atoms with Crippen molar-refractivity contribution in [3.8, 4) is 0 Å². The van der Waals surface area contributed by atoms with Crippen molar-refractivity contribution in [1.82, 2.24) is 10.2 Å². The molecule has 0 aliphatic carbocycles. The van der Waals surface area contributed by atoms with Gasteiger partial charge in [-0.05, 0) is 36.2 Å². The minimum absolute atomic E-state index is 0.144. The van der Waals surface area contributed by atoms with Gasteiger partial charge in [0.15, 0.2) is 0 Å². The summed E-state index contributed by atoms with van der Waals surface area (Å²) in [5.74, 6) is -0.754. The molecular weight excluding hydrogens is 355 g/mol. The Morgan fingerprint density at radius 2 is 1.81 bits per heavy atom. The highest BCUT2D eigenvalue weighted by Gasteiger charge is 2.25. The van der Waals surface area contributed by atoms with Gasteiger partial charge >= 0.3 is 0 Å². The third-order valence-corrected chi connectivity index (χ3v) is 4.52. The van der Waals surface area contributed by atoms with Crippen molar-refractivity contribution >= 4 is 23.4 Å². The zero-order valence-electron chi connectivity index (χ0n) is 14.8. The lowest BCUT2D eigenvalue weighted by molar-refractivity contribution is -0.140. The SMILES string of the molecule is CCC(=O)N(Cc1ccc(F)cc1)[C@H](C)C(=O)NCc1ccccc1Cl. The Kier molecular flexibility index (Phi) is 7.16. The molecule has 6 heteroatoms. The first-order valence-corrected chi connectivity index (χ1v) is 8.85. The van der Waals surface area contributed by atoms with E-state index in [1.54, 1.807) is 32.0 Å². The normalized spacial score (nSPS) is 11.7. The summed E-state index contributed by atoms with van der Waals surface area (Å²) in [6.07, 6.45) is 0.281. The molecule has 1 atom stereocenters. The van der Waals surface area contributed by atoms with Crippen molar-refractivity contribution in [3.05, 3.63) is 70.5 Å². The second-order valence-electron chi connectivity index (χ2n) is 5.99. The minimum atomic E-state index is -0.657. The first-order chi connectivity index (χ1) is 12.4. The predicted molar refractivity (Wildman–Crippen MR) is 100 cm³/mol. The van der Waals surface area contributed by atoms with E-state index in [1.807, 2.05) is 18.2 Å². The molecule has 1 N–H and O–H groups in total. The number of hydrogen-bond acceptors (Lipinski definition) is 2. The van der Waals surface area contributed by atoms with E-state index in [0.29, 0.717) is 5.02 Å². The second-order valence-corrected chi connectivity index (χ2v) is 6.39. The highest BCUT2D eigenvalue weighted by Crippen LogP contribution is 2.15. The molecule has 2 aromatic rings. The molecular formula is C20H22ClFN2O2. The largest absolute Gasteiger partial charge is 0.350 e. The van der Waals surface area contributed by atoms with Crippen molar-refractivity contribution in [2.45, 2.75) is 39.4 Å². The molecule has 0 radical (unpaired) electrons. The first kappa shape index (κ1) is 19.9. The lowest BCUT2D eigenvalue weighted by Gasteiger charge is -2.28. The van der Waals surface area contributed by atoms with Crippen LogP contribution in [0.15, 0.2) is 48.5 Å². The van der Waals surface area contributed by atoms with Crippen LogP contribution in [-0.4, -0.2) is 22.8 Å². The van der Waals surface area contributed by atoms with E-state index in [0.717, 1.165) is 11.1 Å². The fourth-order valence-electron chi connectivity index (χ4n) is 2.54. The van der Waals surface area contributed by atoms with Gasteiger partial charge in [-0.15, -0.1) is 0 Å². The molecule has 26 heavy (non-hydrogen) atoms. The first-order valence-electron chi connectivity index (χ1n) is 8.47. The molecule has 2 aromatic carbocycles. The van der Waals surface area contributed by atoms with Gasteiger partial charge in [-0.3, -0.25) is 9.59 Å². The Bertz CT molecular complexity index is 765. The molecule has 0 aromatic heterocycles. The van der Waals surface area contributed by atoms with Crippen molar-refractivity contribution in [2.75, 3.05) is 0 Å². The second kappa shape index (κ2) is 9.34. The summed E-state index contributed by atoms with van der Waals surface area (Å²) in [5.41, 5.74) is 1.57. The highest BCUT2D eigenvalue weighted by atomic mass is 35.5. The summed E-state index contributed by atoms with van der Waals surface area (Å²) in [5, 5.41) is 3.39. The topological polar surface area (TPSA) is 49.4 Å². The average molecular weight is 377 g/mol. The number of hydrogen-bond donors (Lipinski definition) is 1. The number of rotatable bonds is 7. The van der Waals surface area contributed by atoms with Crippen molar-refractivity contribution in [3.63, 3.8) is 0 Å². The molecule has 0 spiro atoms.